The molecule has 3 fully saturated rings. The number of hydrogen-bond donors (Lipinski definition) is 1. The van der Waals surface area contributed by atoms with Crippen molar-refractivity contribution in [2.75, 3.05) is 13.2 Å². The van der Waals surface area contributed by atoms with Crippen molar-refractivity contribution in [3.05, 3.63) is 35.9 Å². The second-order valence-electron chi connectivity index (χ2n) is 8.40. The van der Waals surface area contributed by atoms with Crippen molar-refractivity contribution in [3.8, 4) is 0 Å². The van der Waals surface area contributed by atoms with E-state index in [0.29, 0.717) is 24.5 Å². The monoisotopic (exact) mass is 356 g/mol. The fourth-order valence-electron chi connectivity index (χ4n) is 4.66. The molecule has 4 rings (SSSR count). The first kappa shape index (κ1) is 18.0. The molecule has 2 atom stereocenters. The molecular formula is C22H32N2O2. The van der Waals surface area contributed by atoms with Crippen LogP contribution in [0.2, 0.25) is 0 Å². The third-order valence-electron chi connectivity index (χ3n) is 6.49. The number of ether oxygens (including phenoxy) is 1. The van der Waals surface area contributed by atoms with Crippen molar-refractivity contribution in [1.29, 1.82) is 0 Å². The van der Waals surface area contributed by atoms with Crippen LogP contribution in [0.15, 0.2) is 30.3 Å². The van der Waals surface area contributed by atoms with E-state index in [1.165, 1.54) is 18.4 Å². The van der Waals surface area contributed by atoms with Gasteiger partial charge in [-0.1, -0.05) is 30.3 Å². The normalized spacial score (nSPS) is 32.4. The van der Waals surface area contributed by atoms with Gasteiger partial charge in [-0.25, -0.2) is 0 Å². The number of carbonyl (C=O) groups is 1. The molecule has 1 heterocycles. The molecule has 0 bridgehead atoms. The van der Waals surface area contributed by atoms with Crippen LogP contribution in [0.1, 0.15) is 62.8 Å². The van der Waals surface area contributed by atoms with Gasteiger partial charge in [0.25, 0.3) is 0 Å². The van der Waals surface area contributed by atoms with Gasteiger partial charge in [0, 0.05) is 18.5 Å². The number of likely N-dealkylation sites (tertiary alicyclic amines) is 1. The third-order valence-corrected chi connectivity index (χ3v) is 6.49. The van der Waals surface area contributed by atoms with Gasteiger partial charge in [0.05, 0.1) is 18.8 Å². The zero-order valence-electron chi connectivity index (χ0n) is 15.7. The van der Waals surface area contributed by atoms with Gasteiger partial charge in [0.2, 0.25) is 5.91 Å². The van der Waals surface area contributed by atoms with Crippen LogP contribution in [0.25, 0.3) is 0 Å². The minimum Gasteiger partial charge on any atom is -0.376 e. The van der Waals surface area contributed by atoms with Gasteiger partial charge in [-0.2, -0.15) is 0 Å². The van der Waals surface area contributed by atoms with Crippen molar-refractivity contribution in [1.82, 2.24) is 4.90 Å². The molecule has 26 heavy (non-hydrogen) atoms. The Bertz CT molecular complexity index is 593. The summed E-state index contributed by atoms with van der Waals surface area (Å²) in [6, 6.07) is 11.0. The average molecular weight is 357 g/mol. The maximum absolute atomic E-state index is 12.6. The second kappa shape index (κ2) is 8.10. The van der Waals surface area contributed by atoms with E-state index in [4.69, 9.17) is 10.5 Å². The largest absolute Gasteiger partial charge is 0.376 e. The Morgan fingerprint density at radius 3 is 2.46 bits per heavy atom. The minimum atomic E-state index is 0.0621. The fourth-order valence-corrected chi connectivity index (χ4v) is 4.66. The highest BCUT2D eigenvalue weighted by molar-refractivity contribution is 5.81. The first-order chi connectivity index (χ1) is 12.7. The van der Waals surface area contributed by atoms with E-state index in [0.717, 1.165) is 45.1 Å². The third kappa shape index (κ3) is 4.12. The van der Waals surface area contributed by atoms with Gasteiger partial charge in [0.15, 0.2) is 0 Å². The zero-order valence-corrected chi connectivity index (χ0v) is 15.7. The van der Waals surface area contributed by atoms with E-state index in [-0.39, 0.29) is 18.0 Å². The summed E-state index contributed by atoms with van der Waals surface area (Å²) >= 11 is 0. The van der Waals surface area contributed by atoms with E-state index in [9.17, 15) is 4.79 Å². The molecule has 1 aromatic rings. The maximum Gasteiger partial charge on any atom is 0.226 e. The molecule has 2 N–H and O–H groups in total. The molecule has 0 aromatic heterocycles. The first-order valence-corrected chi connectivity index (χ1v) is 10.4. The molecule has 1 amide bonds. The Balaban J connectivity index is 1.28. The van der Waals surface area contributed by atoms with E-state index in [2.05, 4.69) is 30.3 Å². The molecule has 1 aliphatic heterocycles. The van der Waals surface area contributed by atoms with Gasteiger partial charge >= 0.3 is 0 Å². The lowest BCUT2D eigenvalue weighted by Gasteiger charge is -2.41. The smallest absolute Gasteiger partial charge is 0.226 e. The van der Waals surface area contributed by atoms with Crippen molar-refractivity contribution in [3.63, 3.8) is 0 Å². The number of carbonyl (C=O) groups excluding carboxylic acids is 1. The Labute approximate surface area is 157 Å². The molecule has 0 spiro atoms. The second-order valence-corrected chi connectivity index (χ2v) is 8.40. The number of nitrogens with zero attached hydrogens (tertiary/aromatic N) is 1. The molecule has 1 saturated heterocycles. The molecule has 4 nitrogen and oxygen atoms in total. The van der Waals surface area contributed by atoms with Crippen molar-refractivity contribution in [2.24, 2.45) is 11.7 Å². The van der Waals surface area contributed by atoms with Crippen molar-refractivity contribution < 1.29 is 9.53 Å². The highest BCUT2D eigenvalue weighted by Gasteiger charge is 2.40. The maximum atomic E-state index is 12.6. The summed E-state index contributed by atoms with van der Waals surface area (Å²) in [5.41, 5.74) is 7.83. The number of hydrogen-bond acceptors (Lipinski definition) is 3. The number of rotatable bonds is 5. The van der Waals surface area contributed by atoms with Gasteiger partial charge in [0.1, 0.15) is 0 Å². The van der Waals surface area contributed by atoms with Gasteiger partial charge in [-0.05, 0) is 62.8 Å². The van der Waals surface area contributed by atoms with E-state index >= 15 is 0 Å². The van der Waals surface area contributed by atoms with Crippen LogP contribution in [0.4, 0.5) is 0 Å². The predicted octanol–water partition coefficient (Wildman–Crippen LogP) is 3.46. The van der Waals surface area contributed by atoms with Crippen molar-refractivity contribution in [2.45, 2.75) is 75.5 Å². The molecule has 3 aliphatic rings. The molecule has 1 unspecified atom stereocenters. The summed E-state index contributed by atoms with van der Waals surface area (Å²) in [6.07, 6.45) is 9.06. The molecule has 0 radical (unpaired) electrons. The lowest BCUT2D eigenvalue weighted by molar-refractivity contribution is -0.139. The number of benzene rings is 1. The average Bonchev–Trinajstić information content (AvgIpc) is 3.53. The number of amides is 1. The van der Waals surface area contributed by atoms with Crippen LogP contribution in [0.3, 0.4) is 0 Å². The van der Waals surface area contributed by atoms with Crippen LogP contribution in [-0.4, -0.2) is 42.1 Å². The standard InChI is InChI=1S/C22H32N2O2/c23-20-7-4-14-24(22(25)18-8-9-18)21(20)15-26-19-12-10-17(11-13-19)16-5-2-1-3-6-16/h1-3,5-6,17-21H,4,7-15,23H2/t17-,19+,20?,21-/m0/s1. The lowest BCUT2D eigenvalue weighted by Crippen LogP contribution is -2.57. The van der Waals surface area contributed by atoms with Crippen LogP contribution < -0.4 is 5.73 Å². The summed E-state index contributed by atoms with van der Waals surface area (Å²) in [5.74, 6) is 1.26. The minimum absolute atomic E-state index is 0.0621. The predicted molar refractivity (Wildman–Crippen MR) is 103 cm³/mol. The van der Waals surface area contributed by atoms with E-state index < -0.39 is 0 Å². The Morgan fingerprint density at radius 1 is 1.04 bits per heavy atom. The lowest BCUT2D eigenvalue weighted by atomic mass is 9.83. The fraction of sp³-hybridized carbons (Fsp3) is 0.682. The first-order valence-electron chi connectivity index (χ1n) is 10.4. The molecule has 142 valence electrons. The van der Waals surface area contributed by atoms with Crippen LogP contribution in [-0.2, 0) is 9.53 Å². The quantitative estimate of drug-likeness (QED) is 0.879. The Kier molecular flexibility index (Phi) is 5.60. The molecule has 1 aromatic carbocycles. The Hall–Kier alpha value is -1.39. The summed E-state index contributed by atoms with van der Waals surface area (Å²) in [5, 5.41) is 0. The molecule has 2 saturated carbocycles. The Morgan fingerprint density at radius 2 is 1.77 bits per heavy atom. The molecule has 2 aliphatic carbocycles. The molecular weight excluding hydrogens is 324 g/mol. The van der Waals surface area contributed by atoms with Gasteiger partial charge in [-0.15, -0.1) is 0 Å². The summed E-state index contributed by atoms with van der Waals surface area (Å²) in [4.78, 5) is 14.6. The van der Waals surface area contributed by atoms with Gasteiger partial charge < -0.3 is 15.4 Å². The number of piperidine rings is 1. The van der Waals surface area contributed by atoms with Crippen LogP contribution >= 0.6 is 0 Å². The molecule has 4 heteroatoms. The number of nitrogens with two attached hydrogens (primary N) is 1. The summed E-state index contributed by atoms with van der Waals surface area (Å²) in [7, 11) is 0. The topological polar surface area (TPSA) is 55.6 Å². The van der Waals surface area contributed by atoms with Crippen molar-refractivity contribution >= 4 is 5.91 Å². The summed E-state index contributed by atoms with van der Waals surface area (Å²) in [6.45, 7) is 1.47. The summed E-state index contributed by atoms with van der Waals surface area (Å²) < 4.78 is 6.28. The van der Waals surface area contributed by atoms with Gasteiger partial charge in [-0.3, -0.25) is 4.79 Å². The highest BCUT2D eigenvalue weighted by atomic mass is 16.5. The van der Waals surface area contributed by atoms with E-state index in [1.54, 1.807) is 0 Å². The van der Waals surface area contributed by atoms with Crippen LogP contribution in [0, 0.1) is 5.92 Å². The van der Waals surface area contributed by atoms with Crippen LogP contribution in [0.5, 0.6) is 0 Å². The zero-order chi connectivity index (χ0) is 17.9. The SMILES string of the molecule is NC1CCCN(C(=O)C2CC2)[C@H]1CO[C@H]1CC[C@@H](c2ccccc2)CC1. The highest BCUT2D eigenvalue weighted by Crippen LogP contribution is 2.35. The van der Waals surface area contributed by atoms with E-state index in [1.807, 2.05) is 4.90 Å².